The van der Waals surface area contributed by atoms with E-state index in [1.165, 1.54) is 12.1 Å². The number of anilines is 1. The van der Waals surface area contributed by atoms with Gasteiger partial charge in [-0.2, -0.15) is 0 Å². The summed E-state index contributed by atoms with van der Waals surface area (Å²) in [5, 5.41) is 6.50. The van der Waals surface area contributed by atoms with Gasteiger partial charge in [-0.25, -0.2) is 4.39 Å². The van der Waals surface area contributed by atoms with Crippen LogP contribution in [0.3, 0.4) is 0 Å². The summed E-state index contributed by atoms with van der Waals surface area (Å²) in [6.45, 7) is 7.48. The molecule has 23 heavy (non-hydrogen) atoms. The fraction of sp³-hybridized carbons (Fsp3) is 0.375. The fourth-order valence-electron chi connectivity index (χ4n) is 1.73. The maximum absolute atomic E-state index is 13.0. The van der Waals surface area contributed by atoms with E-state index in [-0.39, 0.29) is 16.2 Å². The van der Waals surface area contributed by atoms with Crippen LogP contribution in [0, 0.1) is 5.82 Å². The van der Waals surface area contributed by atoms with Crippen molar-refractivity contribution < 1.29 is 18.4 Å². The summed E-state index contributed by atoms with van der Waals surface area (Å²) < 4.78 is 23.6. The summed E-state index contributed by atoms with van der Waals surface area (Å²) in [7, 11) is 0. The largest absolute Gasteiger partial charge is 0.479 e. The van der Waals surface area contributed by atoms with E-state index in [0.29, 0.717) is 11.6 Å². The van der Waals surface area contributed by atoms with Crippen LogP contribution in [0.2, 0.25) is 5.02 Å². The van der Waals surface area contributed by atoms with Gasteiger partial charge in [-0.3, -0.25) is 4.79 Å². The molecule has 0 aliphatic heterocycles. The molecule has 1 N–H and O–H groups in total. The number of aromatic nitrogens is 1. The summed E-state index contributed by atoms with van der Waals surface area (Å²) >= 11 is 5.87. The molecule has 1 aromatic carbocycles. The van der Waals surface area contributed by atoms with Gasteiger partial charge in [-0.15, -0.1) is 0 Å². The molecule has 0 spiro atoms. The third-order valence-electron chi connectivity index (χ3n) is 3.07. The zero-order chi connectivity index (χ0) is 17.2. The number of carbonyl (C=O) groups excluding carboxylic acids is 1. The molecule has 0 aliphatic rings. The van der Waals surface area contributed by atoms with Gasteiger partial charge in [-0.1, -0.05) is 37.5 Å². The number of benzene rings is 1. The minimum atomic E-state index is -0.840. The average molecular weight is 341 g/mol. The second-order valence-electron chi connectivity index (χ2n) is 6.15. The molecule has 1 heterocycles. The molecule has 0 radical (unpaired) electrons. The predicted molar refractivity (Wildman–Crippen MR) is 85.3 cm³/mol. The highest BCUT2D eigenvalue weighted by molar-refractivity contribution is 6.32. The lowest BCUT2D eigenvalue weighted by Gasteiger charge is -2.14. The average Bonchev–Trinajstić information content (AvgIpc) is 2.90. The Kier molecular flexibility index (Phi) is 4.94. The smallest absolute Gasteiger partial charge is 0.266 e. The van der Waals surface area contributed by atoms with Gasteiger partial charge in [0.05, 0.1) is 5.02 Å². The van der Waals surface area contributed by atoms with Crippen molar-refractivity contribution in [3.63, 3.8) is 0 Å². The van der Waals surface area contributed by atoms with Crippen molar-refractivity contribution in [1.82, 2.24) is 5.16 Å². The van der Waals surface area contributed by atoms with E-state index >= 15 is 0 Å². The van der Waals surface area contributed by atoms with E-state index in [4.69, 9.17) is 20.9 Å². The highest BCUT2D eigenvalue weighted by Crippen LogP contribution is 2.27. The predicted octanol–water partition coefficient (Wildman–Crippen LogP) is 4.17. The molecule has 0 saturated carbocycles. The van der Waals surface area contributed by atoms with Gasteiger partial charge in [-0.05, 0) is 25.1 Å². The van der Waals surface area contributed by atoms with Crippen LogP contribution in [0.4, 0.5) is 10.2 Å². The zero-order valence-corrected chi connectivity index (χ0v) is 14.1. The molecule has 2 aromatic rings. The maximum Gasteiger partial charge on any atom is 0.266 e. The highest BCUT2D eigenvalue weighted by Gasteiger charge is 2.22. The molecule has 124 valence electrons. The normalized spacial score (nSPS) is 12.8. The van der Waals surface area contributed by atoms with E-state index < -0.39 is 17.8 Å². The molecule has 0 bridgehead atoms. The van der Waals surface area contributed by atoms with Crippen molar-refractivity contribution in [3.05, 3.63) is 40.9 Å². The molecule has 1 amide bonds. The van der Waals surface area contributed by atoms with Crippen molar-refractivity contribution in [2.45, 2.75) is 39.2 Å². The Morgan fingerprint density at radius 1 is 1.39 bits per heavy atom. The topological polar surface area (TPSA) is 64.4 Å². The van der Waals surface area contributed by atoms with Crippen LogP contribution in [0.15, 0.2) is 28.8 Å². The van der Waals surface area contributed by atoms with Crippen molar-refractivity contribution in [2.24, 2.45) is 0 Å². The Morgan fingerprint density at radius 2 is 2.09 bits per heavy atom. The van der Waals surface area contributed by atoms with Gasteiger partial charge >= 0.3 is 0 Å². The third-order valence-corrected chi connectivity index (χ3v) is 3.36. The van der Waals surface area contributed by atoms with Crippen LogP contribution in [-0.4, -0.2) is 17.2 Å². The Labute approximate surface area is 138 Å². The molecule has 7 heteroatoms. The third kappa shape index (κ3) is 4.45. The summed E-state index contributed by atoms with van der Waals surface area (Å²) in [5.41, 5.74) is -0.209. The van der Waals surface area contributed by atoms with E-state index in [9.17, 15) is 9.18 Å². The second kappa shape index (κ2) is 6.58. The van der Waals surface area contributed by atoms with Crippen molar-refractivity contribution in [3.8, 4) is 5.75 Å². The first-order valence-corrected chi connectivity index (χ1v) is 7.44. The van der Waals surface area contributed by atoms with Crippen molar-refractivity contribution in [2.75, 3.05) is 5.32 Å². The standard InChI is InChI=1S/C16H18ClFN2O3/c1-9(22-12-6-5-10(18)7-11(12)17)15(21)19-14-8-13(23-20-14)16(2,3)4/h5-9H,1-4H3,(H,19,20,21)/t9-/m0/s1. The molecule has 5 nitrogen and oxygen atoms in total. The van der Waals surface area contributed by atoms with Gasteiger partial charge in [0.2, 0.25) is 0 Å². The van der Waals surface area contributed by atoms with Crippen LogP contribution in [0.1, 0.15) is 33.5 Å². The second-order valence-corrected chi connectivity index (χ2v) is 6.56. The first-order chi connectivity index (χ1) is 10.7. The first kappa shape index (κ1) is 17.3. The van der Waals surface area contributed by atoms with Crippen LogP contribution < -0.4 is 10.1 Å². The van der Waals surface area contributed by atoms with Gasteiger partial charge in [0.15, 0.2) is 11.9 Å². The van der Waals surface area contributed by atoms with Crippen molar-refractivity contribution >= 4 is 23.3 Å². The summed E-state index contributed by atoms with van der Waals surface area (Å²) in [6.07, 6.45) is -0.840. The number of rotatable bonds is 4. The van der Waals surface area contributed by atoms with Gasteiger partial charge in [0.1, 0.15) is 17.3 Å². The van der Waals surface area contributed by atoms with Crippen molar-refractivity contribution in [1.29, 1.82) is 0 Å². The number of hydrogen-bond donors (Lipinski definition) is 1. The molecule has 1 aromatic heterocycles. The van der Waals surface area contributed by atoms with Crippen LogP contribution in [-0.2, 0) is 10.2 Å². The number of nitrogens with zero attached hydrogens (tertiary/aromatic N) is 1. The monoisotopic (exact) mass is 340 g/mol. The molecule has 0 unspecified atom stereocenters. The van der Waals surface area contributed by atoms with Gasteiger partial charge in [0.25, 0.3) is 5.91 Å². The first-order valence-electron chi connectivity index (χ1n) is 7.06. The molecular weight excluding hydrogens is 323 g/mol. The molecule has 1 atom stereocenters. The van der Waals surface area contributed by atoms with Crippen LogP contribution in [0.25, 0.3) is 0 Å². The Bertz CT molecular complexity index is 710. The zero-order valence-electron chi connectivity index (χ0n) is 13.3. The molecule has 0 saturated heterocycles. The lowest BCUT2D eigenvalue weighted by molar-refractivity contribution is -0.122. The lowest BCUT2D eigenvalue weighted by Crippen LogP contribution is -2.30. The highest BCUT2D eigenvalue weighted by atomic mass is 35.5. The molecule has 0 fully saturated rings. The summed E-state index contributed by atoms with van der Waals surface area (Å²) in [5.74, 6) is 0.297. The number of amides is 1. The molecular formula is C16H18ClFN2O3. The molecule has 0 aliphatic carbocycles. The Morgan fingerprint density at radius 3 is 2.65 bits per heavy atom. The number of ether oxygens (including phenoxy) is 1. The Balaban J connectivity index is 2.01. The summed E-state index contributed by atoms with van der Waals surface area (Å²) in [4.78, 5) is 12.1. The maximum atomic E-state index is 13.0. The lowest BCUT2D eigenvalue weighted by atomic mass is 9.93. The van der Waals surface area contributed by atoms with Gasteiger partial charge < -0.3 is 14.6 Å². The van der Waals surface area contributed by atoms with Crippen LogP contribution >= 0.6 is 11.6 Å². The van der Waals surface area contributed by atoms with Gasteiger partial charge in [0, 0.05) is 11.5 Å². The minimum absolute atomic E-state index is 0.0982. The quantitative estimate of drug-likeness (QED) is 0.907. The minimum Gasteiger partial charge on any atom is -0.479 e. The number of carbonyl (C=O) groups is 1. The van der Waals surface area contributed by atoms with E-state index in [1.54, 1.807) is 13.0 Å². The van der Waals surface area contributed by atoms with E-state index in [1.807, 2.05) is 20.8 Å². The summed E-state index contributed by atoms with van der Waals surface area (Å²) in [6, 6.07) is 5.36. The number of nitrogens with one attached hydrogen (secondary N) is 1. The van der Waals surface area contributed by atoms with Crippen LogP contribution in [0.5, 0.6) is 5.75 Å². The number of hydrogen-bond acceptors (Lipinski definition) is 4. The van der Waals surface area contributed by atoms with E-state index in [0.717, 1.165) is 6.07 Å². The van der Waals surface area contributed by atoms with E-state index in [2.05, 4.69) is 10.5 Å². The number of halogens is 2. The fourth-order valence-corrected chi connectivity index (χ4v) is 1.94. The Hall–Kier alpha value is -2.08. The molecule has 2 rings (SSSR count). The SMILES string of the molecule is C[C@H](Oc1ccc(F)cc1Cl)C(=O)Nc1cc(C(C)(C)C)on1.